The summed E-state index contributed by atoms with van der Waals surface area (Å²) in [6.45, 7) is 10.8. The molecule has 0 fully saturated rings. The van der Waals surface area contributed by atoms with E-state index in [1.807, 2.05) is 100 Å². The Morgan fingerprint density at radius 1 is 0.440 bits per heavy atom. The molecule has 22 heteroatoms. The van der Waals surface area contributed by atoms with Crippen LogP contribution < -0.4 is 57.3 Å². The Balaban J connectivity index is 1.23. The summed E-state index contributed by atoms with van der Waals surface area (Å²) in [6.07, 6.45) is -4.41. The molecule has 0 spiro atoms. The minimum atomic E-state index is -3.71. The largest absolute Gasteiger partial charge is 0.497 e. The van der Waals surface area contributed by atoms with Gasteiger partial charge in [0.1, 0.15) is 60.6 Å². The van der Waals surface area contributed by atoms with Crippen molar-refractivity contribution in [1.29, 1.82) is 0 Å². The number of methoxy groups -OCH3 is 2. The molecule has 0 radical (unpaired) electrons. The lowest BCUT2D eigenvalue weighted by molar-refractivity contribution is -0.154. The second-order valence-electron chi connectivity index (χ2n) is 25.8. The summed E-state index contributed by atoms with van der Waals surface area (Å²) in [4.78, 5) is 133. The first kappa shape index (κ1) is 76.8. The standard InChI is InChI=1S/C78H91N6O15P/c1-50(2)45-63(69(86)70(73(89)81-65(46-51(3)4)75(91)96-48-54-27-17-12-18-28-54)100(60-31-21-14-22-32-60,61-33-23-15-24-34-61)62-35-25-16-26-36-62)80-72(88)67(84-77(93)99-78(7,8)9)53(6)98-74(90)52(5)79-71(87)64(82-76(92)97-49-55-29-19-13-20-30-55)47-66(85)83-68(56-37-41-58(94-10)42-38-56)57-39-43-59(95-11)44-40-57/h12-44,50-53,63-65,67-68H,45-49H2,1-11H3,(H,79,87)(H,80,88)(H,81,89)(H,82,92)(H,83,85)(H,84,93)/t52-,53-,63+,64+,65+,67+/m1/s1. The molecule has 6 atom stereocenters. The van der Waals surface area contributed by atoms with Gasteiger partial charge < -0.3 is 60.3 Å². The van der Waals surface area contributed by atoms with Gasteiger partial charge in [-0.2, -0.15) is 0 Å². The molecule has 6 N–H and O–H groups in total. The lowest BCUT2D eigenvalue weighted by atomic mass is 9.97. The third-order valence-corrected chi connectivity index (χ3v) is 20.2. The zero-order chi connectivity index (χ0) is 72.5. The average molecular weight is 1380 g/mol. The van der Waals surface area contributed by atoms with Crippen LogP contribution in [0.15, 0.2) is 200 Å². The summed E-state index contributed by atoms with van der Waals surface area (Å²) >= 11 is 0. The average Bonchev–Trinajstić information content (AvgIpc) is 0.725. The fraction of sp³-hybridized carbons (Fsp3) is 0.333. The molecule has 7 rings (SSSR count). The van der Waals surface area contributed by atoms with Gasteiger partial charge in [-0.05, 0) is 129 Å². The highest BCUT2D eigenvalue weighted by Gasteiger charge is 2.43. The van der Waals surface area contributed by atoms with E-state index in [1.54, 1.807) is 148 Å². The van der Waals surface area contributed by atoms with Crippen LogP contribution in [0.25, 0.3) is 0 Å². The van der Waals surface area contributed by atoms with Crippen LogP contribution in [0, 0.1) is 11.8 Å². The van der Waals surface area contributed by atoms with E-state index in [0.29, 0.717) is 49.7 Å². The maximum Gasteiger partial charge on any atom is 0.408 e. The number of Topliss-reactive ketones (excluding diaryl/α,β-unsaturated/α-hetero) is 1. The van der Waals surface area contributed by atoms with Crippen molar-refractivity contribution < 1.29 is 71.6 Å². The van der Waals surface area contributed by atoms with Crippen molar-refractivity contribution in [1.82, 2.24) is 31.9 Å². The highest BCUT2D eigenvalue weighted by atomic mass is 31.2. The summed E-state index contributed by atoms with van der Waals surface area (Å²) in [7, 11) is 3.04. The van der Waals surface area contributed by atoms with Crippen molar-refractivity contribution in [2.75, 3.05) is 14.2 Å². The van der Waals surface area contributed by atoms with Gasteiger partial charge in [-0.3, -0.25) is 24.0 Å². The Morgan fingerprint density at radius 2 is 0.880 bits per heavy atom. The predicted octanol–water partition coefficient (Wildman–Crippen LogP) is 9.47. The maximum absolute atomic E-state index is 16.6. The molecular weight excluding hydrogens is 1290 g/mol. The fourth-order valence-electron chi connectivity index (χ4n) is 11.1. The summed E-state index contributed by atoms with van der Waals surface area (Å²) in [6, 6.07) is 50.4. The Labute approximate surface area is 585 Å². The van der Waals surface area contributed by atoms with Gasteiger partial charge >= 0.3 is 24.1 Å². The SMILES string of the molecule is COc1ccc(C(NC(=O)C[C@H](NC(=O)OCc2ccccc2)C(=O)N[C@H](C)C(=O)O[C@H](C)[C@H](NC(=O)OC(C)(C)C)C(=O)N[C@@H](CC(C)C)C(=O)C(C(=O)N[C@@H](CC(C)C)C(=O)OCc2ccccc2)=P(c2ccccc2)(c2ccccc2)c2ccccc2)c2ccc(OC)cc2)cc1. The first-order valence-electron chi connectivity index (χ1n) is 33.1. The van der Waals surface area contributed by atoms with Crippen molar-refractivity contribution in [3.8, 4) is 11.5 Å². The molecule has 0 aliphatic heterocycles. The lowest BCUT2D eigenvalue weighted by Crippen LogP contribution is -2.59. The molecule has 21 nitrogen and oxygen atoms in total. The van der Waals surface area contributed by atoms with Gasteiger partial charge in [-0.1, -0.05) is 204 Å². The van der Waals surface area contributed by atoms with Crippen molar-refractivity contribution in [3.05, 3.63) is 222 Å². The van der Waals surface area contributed by atoms with E-state index < -0.39 is 115 Å². The number of carbonyl (C=O) groups excluding carboxylic acids is 9. The van der Waals surface area contributed by atoms with Gasteiger partial charge in [0.05, 0.1) is 38.0 Å². The van der Waals surface area contributed by atoms with Gasteiger partial charge in [0.15, 0.2) is 5.78 Å². The fourth-order valence-corrected chi connectivity index (χ4v) is 15.5. The number of ether oxygens (including phenoxy) is 6. The van der Waals surface area contributed by atoms with Crippen LogP contribution >= 0.6 is 6.89 Å². The summed E-state index contributed by atoms with van der Waals surface area (Å²) < 4.78 is 33.7. The van der Waals surface area contributed by atoms with Gasteiger partial charge in [0.2, 0.25) is 17.7 Å². The number of hydrogen-bond acceptors (Lipinski definition) is 15. The molecule has 100 heavy (non-hydrogen) atoms. The molecular formula is C78H91N6O15P. The van der Waals surface area contributed by atoms with Crippen molar-refractivity contribution in [2.24, 2.45) is 11.8 Å². The first-order valence-corrected chi connectivity index (χ1v) is 34.9. The van der Waals surface area contributed by atoms with Gasteiger partial charge in [0.25, 0.3) is 5.91 Å². The Hall–Kier alpha value is -10.5. The molecule has 0 heterocycles. The maximum atomic E-state index is 16.6. The van der Waals surface area contributed by atoms with E-state index in [4.69, 9.17) is 28.4 Å². The summed E-state index contributed by atoms with van der Waals surface area (Å²) in [5.41, 5.74) is 1.52. The number of benzene rings is 7. The molecule has 0 bridgehead atoms. The topological polar surface area (TPSA) is 281 Å². The van der Waals surface area contributed by atoms with Gasteiger partial charge in [0, 0.05) is 0 Å². The van der Waals surface area contributed by atoms with E-state index >= 15 is 14.4 Å². The third kappa shape index (κ3) is 22.0. The number of hydrogen-bond donors (Lipinski definition) is 6. The van der Waals surface area contributed by atoms with Crippen LogP contribution in [0.2, 0.25) is 0 Å². The molecule has 0 unspecified atom stereocenters. The van der Waals surface area contributed by atoms with Crippen LogP contribution in [0.3, 0.4) is 0 Å². The van der Waals surface area contributed by atoms with E-state index in [-0.39, 0.29) is 43.2 Å². The van der Waals surface area contributed by atoms with E-state index in [2.05, 4.69) is 31.9 Å². The zero-order valence-corrected chi connectivity index (χ0v) is 59.2. The zero-order valence-electron chi connectivity index (χ0n) is 58.4. The number of alkyl carbamates (subject to hydrolysis) is 2. The van der Waals surface area contributed by atoms with E-state index in [0.717, 1.165) is 0 Å². The molecule has 6 amide bonds. The minimum absolute atomic E-state index is 0.0820. The first-order chi connectivity index (χ1) is 47.8. The predicted molar refractivity (Wildman–Crippen MR) is 385 cm³/mol. The number of rotatable bonds is 32. The molecule has 0 aliphatic carbocycles. The van der Waals surface area contributed by atoms with Crippen LogP contribution in [-0.4, -0.2) is 115 Å². The van der Waals surface area contributed by atoms with Gasteiger partial charge in [-0.15, -0.1) is 0 Å². The summed E-state index contributed by atoms with van der Waals surface area (Å²) in [5, 5.41) is 17.8. The minimum Gasteiger partial charge on any atom is -0.497 e. The Morgan fingerprint density at radius 3 is 1.32 bits per heavy atom. The lowest BCUT2D eigenvalue weighted by Gasteiger charge is -2.34. The molecule has 7 aromatic carbocycles. The smallest absolute Gasteiger partial charge is 0.408 e. The van der Waals surface area contributed by atoms with Crippen molar-refractivity contribution in [3.63, 3.8) is 0 Å². The second-order valence-corrected chi connectivity index (χ2v) is 29.2. The highest BCUT2D eigenvalue weighted by Crippen LogP contribution is 2.47. The van der Waals surface area contributed by atoms with Crippen LogP contribution in [0.5, 0.6) is 11.5 Å². The van der Waals surface area contributed by atoms with Crippen LogP contribution in [0.4, 0.5) is 9.59 Å². The molecule has 7 aromatic rings. The molecule has 528 valence electrons. The molecule has 0 aromatic heterocycles. The van der Waals surface area contributed by atoms with E-state index in [9.17, 15) is 28.8 Å². The van der Waals surface area contributed by atoms with Gasteiger partial charge in [-0.25, -0.2) is 19.2 Å². The molecule has 0 saturated heterocycles. The number of amides is 6. The summed E-state index contributed by atoms with van der Waals surface area (Å²) in [5.74, 6) is -5.72. The third-order valence-electron chi connectivity index (χ3n) is 15.9. The normalized spacial score (nSPS) is 13.1. The monoisotopic (exact) mass is 1380 g/mol. The highest BCUT2D eigenvalue weighted by molar-refractivity contribution is 7.97. The molecule has 0 saturated carbocycles. The number of ketones is 1. The number of esters is 2. The van der Waals surface area contributed by atoms with Crippen LogP contribution in [-0.2, 0) is 65.7 Å². The number of carbonyl (C=O) groups is 9. The van der Waals surface area contributed by atoms with Crippen molar-refractivity contribution in [2.45, 2.75) is 143 Å². The Kier molecular flexibility index (Phi) is 28.3. The second kappa shape index (κ2) is 36.9. The number of nitrogens with one attached hydrogen (secondary N) is 6. The van der Waals surface area contributed by atoms with Crippen LogP contribution in [0.1, 0.15) is 110 Å². The Bertz CT molecular complexity index is 3780. The van der Waals surface area contributed by atoms with E-state index in [1.165, 1.54) is 28.1 Å². The molecule has 0 aliphatic rings. The quantitative estimate of drug-likeness (QED) is 0.00991. The van der Waals surface area contributed by atoms with Crippen molar-refractivity contribution >= 4 is 81.6 Å².